The van der Waals surface area contributed by atoms with E-state index in [0.717, 1.165) is 4.57 Å². The minimum absolute atomic E-state index is 0.219. The Hall–Kier alpha value is -2.42. The van der Waals surface area contributed by atoms with Crippen molar-refractivity contribution < 1.29 is 24.5 Å². The number of aliphatic carboxylic acids is 2. The Kier molecular flexibility index (Phi) is 7.23. The number of carboxylic acids is 2. The molecular weight excluding hydrogens is 296 g/mol. The van der Waals surface area contributed by atoms with Gasteiger partial charge in [0.05, 0.1) is 5.60 Å². The van der Waals surface area contributed by atoms with Crippen molar-refractivity contribution in [1.82, 2.24) is 9.55 Å². The molecule has 0 bridgehead atoms. The summed E-state index contributed by atoms with van der Waals surface area (Å²) in [4.78, 5) is 44.0. The van der Waals surface area contributed by atoms with Gasteiger partial charge in [0.15, 0.2) is 0 Å². The largest absolute Gasteiger partial charge is 0.480 e. The number of carbonyl (C=O) groups is 2. The summed E-state index contributed by atoms with van der Waals surface area (Å²) < 4.78 is 5.82. The number of nitrogens with one attached hydrogen (secondary N) is 1. The predicted molar refractivity (Wildman–Crippen MR) is 77.0 cm³/mol. The molecule has 0 aliphatic heterocycles. The first-order valence-electron chi connectivity index (χ1n) is 6.30. The molecule has 1 rings (SSSR count). The molecule has 0 saturated heterocycles. The van der Waals surface area contributed by atoms with E-state index in [1.807, 2.05) is 25.8 Å². The third kappa shape index (κ3) is 8.69. The molecule has 0 fully saturated rings. The Labute approximate surface area is 126 Å². The van der Waals surface area contributed by atoms with Crippen LogP contribution in [0.25, 0.3) is 0 Å². The highest BCUT2D eigenvalue weighted by Gasteiger charge is 2.11. The lowest BCUT2D eigenvalue weighted by atomic mass is 10.2. The highest BCUT2D eigenvalue weighted by molar-refractivity contribution is 5.68. The van der Waals surface area contributed by atoms with E-state index >= 15 is 0 Å². The second-order valence-electron chi connectivity index (χ2n) is 5.39. The molecule has 1 aromatic rings. The van der Waals surface area contributed by atoms with Crippen molar-refractivity contribution in [2.24, 2.45) is 0 Å². The maximum atomic E-state index is 11.0. The van der Waals surface area contributed by atoms with Crippen molar-refractivity contribution in [3.05, 3.63) is 32.6 Å². The number of carboxylic acid groups (broad SMARTS) is 2. The average Bonchev–Trinajstić information content (AvgIpc) is 2.33. The standard InChI is InChI=1S/C7H8N2O4.C6H12O3/c1-4-2-9(3-5(10)11)7(13)8-6(4)12;1-6(2,3)9-4-5(7)8/h2H,3H2,1H3,(H,10,11)(H,8,12,13);4H2,1-3H3,(H,7,8). The molecule has 0 saturated carbocycles. The number of hydrogen-bond acceptors (Lipinski definition) is 5. The van der Waals surface area contributed by atoms with Crippen molar-refractivity contribution in [2.45, 2.75) is 39.8 Å². The molecule has 0 spiro atoms. The summed E-state index contributed by atoms with van der Waals surface area (Å²) in [5.41, 5.74) is -1.25. The fourth-order valence-electron chi connectivity index (χ4n) is 1.16. The fraction of sp³-hybridized carbons (Fsp3) is 0.538. The minimum atomic E-state index is -1.13. The number of aromatic nitrogens is 2. The van der Waals surface area contributed by atoms with Gasteiger partial charge in [-0.25, -0.2) is 9.59 Å². The van der Waals surface area contributed by atoms with Crippen LogP contribution in [-0.4, -0.2) is 43.9 Å². The Morgan fingerprint density at radius 3 is 2.14 bits per heavy atom. The van der Waals surface area contributed by atoms with E-state index in [2.05, 4.69) is 0 Å². The van der Waals surface area contributed by atoms with Crippen LogP contribution in [0, 0.1) is 6.92 Å². The predicted octanol–water partition coefficient (Wildman–Crippen LogP) is -0.184. The van der Waals surface area contributed by atoms with Crippen molar-refractivity contribution in [2.75, 3.05) is 6.61 Å². The quantitative estimate of drug-likeness (QED) is 0.700. The van der Waals surface area contributed by atoms with Crippen molar-refractivity contribution in [3.8, 4) is 0 Å². The van der Waals surface area contributed by atoms with Gasteiger partial charge in [0.1, 0.15) is 13.2 Å². The lowest BCUT2D eigenvalue weighted by Gasteiger charge is -2.17. The molecule has 0 unspecified atom stereocenters. The summed E-state index contributed by atoms with van der Waals surface area (Å²) in [6, 6.07) is 0. The fourth-order valence-corrected chi connectivity index (χ4v) is 1.16. The highest BCUT2D eigenvalue weighted by Crippen LogP contribution is 2.05. The summed E-state index contributed by atoms with van der Waals surface area (Å²) in [6.45, 7) is 6.28. The van der Waals surface area contributed by atoms with E-state index in [0.29, 0.717) is 5.56 Å². The topological polar surface area (TPSA) is 139 Å². The Balaban J connectivity index is 0.000000433. The van der Waals surface area contributed by atoms with Gasteiger partial charge in [-0.1, -0.05) is 0 Å². The van der Waals surface area contributed by atoms with Gasteiger partial charge in [0.25, 0.3) is 5.56 Å². The molecule has 9 heteroatoms. The third-order valence-electron chi connectivity index (χ3n) is 2.12. The molecule has 9 nitrogen and oxygen atoms in total. The molecule has 1 heterocycles. The van der Waals surface area contributed by atoms with E-state index < -0.39 is 29.7 Å². The van der Waals surface area contributed by atoms with E-state index in [4.69, 9.17) is 14.9 Å². The van der Waals surface area contributed by atoms with Crippen LogP contribution in [0.4, 0.5) is 0 Å². The van der Waals surface area contributed by atoms with Crippen LogP contribution in [0.15, 0.2) is 15.8 Å². The smallest absolute Gasteiger partial charge is 0.329 e. The summed E-state index contributed by atoms with van der Waals surface area (Å²) in [6.07, 6.45) is 1.22. The number of H-pyrrole nitrogens is 1. The van der Waals surface area contributed by atoms with Crippen molar-refractivity contribution >= 4 is 11.9 Å². The molecule has 124 valence electrons. The maximum absolute atomic E-state index is 11.0. The lowest BCUT2D eigenvalue weighted by molar-refractivity contribution is -0.147. The monoisotopic (exact) mass is 316 g/mol. The molecule has 0 aliphatic rings. The number of hydrogen-bond donors (Lipinski definition) is 3. The van der Waals surface area contributed by atoms with Gasteiger partial charge < -0.3 is 14.9 Å². The second-order valence-corrected chi connectivity index (χ2v) is 5.39. The summed E-state index contributed by atoms with van der Waals surface area (Å²) in [7, 11) is 0. The number of ether oxygens (including phenoxy) is 1. The first-order chi connectivity index (χ1) is 9.92. The molecule has 0 atom stereocenters. The van der Waals surface area contributed by atoms with E-state index in [1.54, 1.807) is 0 Å². The van der Waals surface area contributed by atoms with Gasteiger partial charge in [-0.15, -0.1) is 0 Å². The first-order valence-corrected chi connectivity index (χ1v) is 6.30. The van der Waals surface area contributed by atoms with Crippen LogP contribution < -0.4 is 11.2 Å². The third-order valence-corrected chi connectivity index (χ3v) is 2.12. The second kappa shape index (κ2) is 8.13. The van der Waals surface area contributed by atoms with Gasteiger partial charge >= 0.3 is 17.6 Å². The Morgan fingerprint density at radius 2 is 1.77 bits per heavy atom. The SMILES string of the molecule is CC(C)(C)OCC(=O)O.Cc1cn(CC(=O)O)c(=O)[nH]c1=O. The van der Waals surface area contributed by atoms with Crippen LogP contribution in [0.1, 0.15) is 26.3 Å². The average molecular weight is 316 g/mol. The number of rotatable bonds is 4. The van der Waals surface area contributed by atoms with E-state index in [9.17, 15) is 19.2 Å². The maximum Gasteiger partial charge on any atom is 0.329 e. The molecular formula is C13H20N2O7. The zero-order valence-corrected chi connectivity index (χ0v) is 12.9. The Bertz CT molecular complexity index is 637. The normalized spacial score (nSPS) is 10.5. The molecule has 3 N–H and O–H groups in total. The molecule has 0 radical (unpaired) electrons. The van der Waals surface area contributed by atoms with Gasteiger partial charge in [-0.2, -0.15) is 0 Å². The highest BCUT2D eigenvalue weighted by atomic mass is 16.5. The van der Waals surface area contributed by atoms with Crippen molar-refractivity contribution in [3.63, 3.8) is 0 Å². The van der Waals surface area contributed by atoms with Crippen LogP contribution in [0.3, 0.4) is 0 Å². The van der Waals surface area contributed by atoms with Gasteiger partial charge in [-0.3, -0.25) is 19.1 Å². The van der Waals surface area contributed by atoms with Crippen LogP contribution in [0.5, 0.6) is 0 Å². The summed E-state index contributed by atoms with van der Waals surface area (Å²) in [5.74, 6) is -2.06. The number of aryl methyl sites for hydroxylation is 1. The molecule has 22 heavy (non-hydrogen) atoms. The zero-order valence-electron chi connectivity index (χ0n) is 12.9. The minimum Gasteiger partial charge on any atom is -0.480 e. The molecule has 0 amide bonds. The van der Waals surface area contributed by atoms with Crippen molar-refractivity contribution in [1.29, 1.82) is 0 Å². The molecule has 0 aromatic carbocycles. The van der Waals surface area contributed by atoms with E-state index in [1.165, 1.54) is 13.1 Å². The molecule has 0 aliphatic carbocycles. The lowest BCUT2D eigenvalue weighted by Crippen LogP contribution is -2.32. The van der Waals surface area contributed by atoms with E-state index in [-0.39, 0.29) is 12.2 Å². The zero-order chi connectivity index (χ0) is 17.5. The summed E-state index contributed by atoms with van der Waals surface area (Å²) in [5, 5.41) is 16.6. The van der Waals surface area contributed by atoms with Crippen LogP contribution in [-0.2, 0) is 20.9 Å². The van der Waals surface area contributed by atoms with Gasteiger partial charge in [0.2, 0.25) is 0 Å². The first kappa shape index (κ1) is 19.6. The summed E-state index contributed by atoms with van der Waals surface area (Å²) >= 11 is 0. The Morgan fingerprint density at radius 1 is 1.23 bits per heavy atom. The number of aromatic amines is 1. The van der Waals surface area contributed by atoms with Crippen LogP contribution >= 0.6 is 0 Å². The van der Waals surface area contributed by atoms with Crippen LogP contribution in [0.2, 0.25) is 0 Å². The van der Waals surface area contributed by atoms with Gasteiger partial charge in [-0.05, 0) is 27.7 Å². The van der Waals surface area contributed by atoms with Gasteiger partial charge in [0, 0.05) is 11.8 Å². The molecule has 1 aromatic heterocycles. The number of nitrogens with zero attached hydrogens (tertiary/aromatic N) is 1.